The van der Waals surface area contributed by atoms with Gasteiger partial charge in [-0.2, -0.15) is 0 Å². The van der Waals surface area contributed by atoms with Crippen molar-refractivity contribution in [1.82, 2.24) is 14.6 Å². The van der Waals surface area contributed by atoms with Crippen LogP contribution in [-0.2, 0) is 14.8 Å². The standard InChI is InChI=1S/C13H17N3O3S/c17-13-6-10(9-16(13)11-3-4-11)7-15-20(18,19)12-2-1-5-14-8-12/h1-2,5,8,10-11,15H,3-4,6-7,9H2. The molecule has 0 spiro atoms. The van der Waals surface area contributed by atoms with Crippen molar-refractivity contribution in [2.75, 3.05) is 13.1 Å². The number of rotatable bonds is 5. The number of carbonyl (C=O) groups is 1. The number of hydrogen-bond acceptors (Lipinski definition) is 4. The normalized spacial score (nSPS) is 23.3. The summed E-state index contributed by atoms with van der Waals surface area (Å²) in [6, 6.07) is 3.50. The van der Waals surface area contributed by atoms with Gasteiger partial charge in [0.15, 0.2) is 0 Å². The Morgan fingerprint density at radius 1 is 1.40 bits per heavy atom. The largest absolute Gasteiger partial charge is 0.339 e. The molecule has 1 aliphatic carbocycles. The molecule has 0 bridgehead atoms. The highest BCUT2D eigenvalue weighted by Crippen LogP contribution is 2.32. The van der Waals surface area contributed by atoms with Gasteiger partial charge in [-0.3, -0.25) is 9.78 Å². The smallest absolute Gasteiger partial charge is 0.242 e. The van der Waals surface area contributed by atoms with Gasteiger partial charge in [0.05, 0.1) is 0 Å². The molecule has 6 nitrogen and oxygen atoms in total. The van der Waals surface area contributed by atoms with Crippen LogP contribution in [0.15, 0.2) is 29.4 Å². The Morgan fingerprint density at radius 2 is 2.20 bits per heavy atom. The van der Waals surface area contributed by atoms with E-state index in [4.69, 9.17) is 0 Å². The van der Waals surface area contributed by atoms with Crippen molar-refractivity contribution < 1.29 is 13.2 Å². The van der Waals surface area contributed by atoms with Crippen molar-refractivity contribution in [2.45, 2.75) is 30.2 Å². The SMILES string of the molecule is O=C1CC(CNS(=O)(=O)c2cccnc2)CN1C1CC1. The third-order valence-corrected chi connectivity index (χ3v) is 5.14. The highest BCUT2D eigenvalue weighted by Gasteiger charge is 2.39. The summed E-state index contributed by atoms with van der Waals surface area (Å²) >= 11 is 0. The molecule has 1 aliphatic heterocycles. The summed E-state index contributed by atoms with van der Waals surface area (Å²) in [4.78, 5) is 17.7. The quantitative estimate of drug-likeness (QED) is 0.851. The molecule has 0 radical (unpaired) electrons. The zero-order valence-corrected chi connectivity index (χ0v) is 11.8. The molecule has 1 saturated carbocycles. The van der Waals surface area contributed by atoms with Crippen molar-refractivity contribution in [3.8, 4) is 0 Å². The van der Waals surface area contributed by atoms with Crippen LogP contribution >= 0.6 is 0 Å². The number of aromatic nitrogens is 1. The Labute approximate surface area is 118 Å². The maximum absolute atomic E-state index is 12.0. The predicted octanol–water partition coefficient (Wildman–Crippen LogP) is 0.371. The maximum Gasteiger partial charge on any atom is 0.242 e. The van der Waals surface area contributed by atoms with Crippen LogP contribution in [0.3, 0.4) is 0 Å². The van der Waals surface area contributed by atoms with Crippen LogP contribution in [-0.4, -0.2) is 43.3 Å². The fourth-order valence-corrected chi connectivity index (χ4v) is 3.58. The lowest BCUT2D eigenvalue weighted by molar-refractivity contribution is -0.128. The molecule has 1 aromatic rings. The van der Waals surface area contributed by atoms with Crippen LogP contribution in [0.2, 0.25) is 0 Å². The lowest BCUT2D eigenvalue weighted by Crippen LogP contribution is -2.32. The maximum atomic E-state index is 12.0. The average molecular weight is 295 g/mol. The summed E-state index contributed by atoms with van der Waals surface area (Å²) in [6.45, 7) is 0.964. The number of sulfonamides is 1. The highest BCUT2D eigenvalue weighted by atomic mass is 32.2. The summed E-state index contributed by atoms with van der Waals surface area (Å²) in [5.41, 5.74) is 0. The van der Waals surface area contributed by atoms with Crippen LogP contribution in [0.1, 0.15) is 19.3 Å². The van der Waals surface area contributed by atoms with E-state index in [-0.39, 0.29) is 16.7 Å². The van der Waals surface area contributed by atoms with Crippen molar-refractivity contribution in [3.63, 3.8) is 0 Å². The van der Waals surface area contributed by atoms with E-state index < -0.39 is 10.0 Å². The molecular weight excluding hydrogens is 278 g/mol. The van der Waals surface area contributed by atoms with Crippen molar-refractivity contribution in [1.29, 1.82) is 0 Å². The Morgan fingerprint density at radius 3 is 2.85 bits per heavy atom. The van der Waals surface area contributed by atoms with Gasteiger partial charge in [-0.1, -0.05) is 0 Å². The minimum Gasteiger partial charge on any atom is -0.339 e. The van der Waals surface area contributed by atoms with Gasteiger partial charge in [0.1, 0.15) is 4.90 Å². The molecule has 1 aromatic heterocycles. The van der Waals surface area contributed by atoms with Crippen LogP contribution in [0, 0.1) is 5.92 Å². The average Bonchev–Trinajstić information content (AvgIpc) is 3.21. The first-order valence-electron chi connectivity index (χ1n) is 6.75. The van der Waals surface area contributed by atoms with Crippen LogP contribution in [0.4, 0.5) is 0 Å². The van der Waals surface area contributed by atoms with E-state index in [9.17, 15) is 13.2 Å². The predicted molar refractivity (Wildman–Crippen MR) is 72.3 cm³/mol. The second-order valence-electron chi connectivity index (χ2n) is 5.39. The Hall–Kier alpha value is -1.47. The molecule has 1 amide bonds. The number of nitrogens with one attached hydrogen (secondary N) is 1. The molecule has 0 aromatic carbocycles. The number of nitrogens with zero attached hydrogens (tertiary/aromatic N) is 2. The topological polar surface area (TPSA) is 79.4 Å². The number of likely N-dealkylation sites (tertiary alicyclic amines) is 1. The summed E-state index contributed by atoms with van der Waals surface area (Å²) < 4.78 is 26.7. The Balaban J connectivity index is 1.59. The number of hydrogen-bond donors (Lipinski definition) is 1. The third kappa shape index (κ3) is 2.83. The molecular formula is C13H17N3O3S. The minimum atomic E-state index is -3.53. The Kier molecular flexibility index (Phi) is 3.47. The molecule has 2 fully saturated rings. The fourth-order valence-electron chi connectivity index (χ4n) is 2.50. The van der Waals surface area contributed by atoms with Gasteiger partial charge in [0.2, 0.25) is 15.9 Å². The van der Waals surface area contributed by atoms with Crippen LogP contribution in [0.25, 0.3) is 0 Å². The first kappa shape index (κ1) is 13.5. The summed E-state index contributed by atoms with van der Waals surface area (Å²) in [7, 11) is -3.53. The van der Waals surface area contributed by atoms with Crippen molar-refractivity contribution in [2.24, 2.45) is 5.92 Å². The van der Waals surface area contributed by atoms with Gasteiger partial charge in [0.25, 0.3) is 0 Å². The van der Waals surface area contributed by atoms with Crippen molar-refractivity contribution >= 4 is 15.9 Å². The van der Waals surface area contributed by atoms with Gasteiger partial charge in [-0.15, -0.1) is 0 Å². The minimum absolute atomic E-state index is 0.0644. The molecule has 1 saturated heterocycles. The number of pyridine rings is 1. The molecule has 3 rings (SSSR count). The number of amides is 1. The second kappa shape index (κ2) is 5.14. The van der Waals surface area contributed by atoms with Crippen LogP contribution in [0.5, 0.6) is 0 Å². The lowest BCUT2D eigenvalue weighted by atomic mass is 10.1. The van der Waals surface area contributed by atoms with Gasteiger partial charge < -0.3 is 4.90 Å². The van der Waals surface area contributed by atoms with E-state index in [1.807, 2.05) is 4.90 Å². The lowest BCUT2D eigenvalue weighted by Gasteiger charge is -2.15. The van der Waals surface area contributed by atoms with Crippen molar-refractivity contribution in [3.05, 3.63) is 24.5 Å². The van der Waals surface area contributed by atoms with Gasteiger partial charge in [-0.25, -0.2) is 13.1 Å². The van der Waals surface area contributed by atoms with Gasteiger partial charge in [-0.05, 0) is 30.9 Å². The van der Waals surface area contributed by atoms with E-state index >= 15 is 0 Å². The zero-order valence-electron chi connectivity index (χ0n) is 11.0. The number of carbonyl (C=O) groups excluding carboxylic acids is 1. The summed E-state index contributed by atoms with van der Waals surface area (Å²) in [5, 5.41) is 0. The summed E-state index contributed by atoms with van der Waals surface area (Å²) in [6.07, 6.45) is 5.45. The second-order valence-corrected chi connectivity index (χ2v) is 7.16. The molecule has 108 valence electrons. The third-order valence-electron chi connectivity index (χ3n) is 3.73. The van der Waals surface area contributed by atoms with E-state index in [1.54, 1.807) is 6.07 Å². The van der Waals surface area contributed by atoms with E-state index in [2.05, 4.69) is 9.71 Å². The first-order valence-corrected chi connectivity index (χ1v) is 8.24. The van der Waals surface area contributed by atoms with Crippen LogP contribution < -0.4 is 4.72 Å². The molecule has 1 atom stereocenters. The summed E-state index contributed by atoms with van der Waals surface area (Å²) in [5.74, 6) is 0.215. The molecule has 2 aliphatic rings. The monoisotopic (exact) mass is 295 g/mol. The first-order chi connectivity index (χ1) is 9.56. The fraction of sp³-hybridized carbons (Fsp3) is 0.538. The Bertz CT molecular complexity index is 599. The molecule has 2 heterocycles. The van der Waals surface area contributed by atoms with E-state index in [1.165, 1.54) is 18.5 Å². The van der Waals surface area contributed by atoms with Gasteiger partial charge in [0, 0.05) is 37.9 Å². The zero-order chi connectivity index (χ0) is 14.2. The highest BCUT2D eigenvalue weighted by molar-refractivity contribution is 7.89. The van der Waals surface area contributed by atoms with E-state index in [0.29, 0.717) is 25.6 Å². The molecule has 7 heteroatoms. The molecule has 1 N–H and O–H groups in total. The van der Waals surface area contributed by atoms with Gasteiger partial charge >= 0.3 is 0 Å². The molecule has 1 unspecified atom stereocenters. The molecule has 20 heavy (non-hydrogen) atoms. The van der Waals surface area contributed by atoms with E-state index in [0.717, 1.165) is 12.8 Å².